The van der Waals surface area contributed by atoms with E-state index in [1.807, 2.05) is 0 Å². The van der Waals surface area contributed by atoms with Gasteiger partial charge >= 0.3 is 0 Å². The van der Waals surface area contributed by atoms with Gasteiger partial charge in [0.15, 0.2) is 0 Å². The van der Waals surface area contributed by atoms with E-state index in [4.69, 9.17) is 0 Å². The fourth-order valence-corrected chi connectivity index (χ4v) is 2.38. The molecule has 0 aliphatic heterocycles. The summed E-state index contributed by atoms with van der Waals surface area (Å²) in [4.78, 5) is 0. The van der Waals surface area contributed by atoms with E-state index < -0.39 is 0 Å². The molecule has 0 radical (unpaired) electrons. The standard InChI is InChI=1S/C11H22/c1-5-11(4)9-7-6-8-10(11,2)3/h5-9H2,1-4H3. The summed E-state index contributed by atoms with van der Waals surface area (Å²) in [7, 11) is 0. The van der Waals surface area contributed by atoms with Gasteiger partial charge in [0.05, 0.1) is 0 Å². The van der Waals surface area contributed by atoms with Crippen LogP contribution in [0.5, 0.6) is 0 Å². The molecular weight excluding hydrogens is 132 g/mol. The first-order valence-corrected chi connectivity index (χ1v) is 5.02. The van der Waals surface area contributed by atoms with Gasteiger partial charge in [-0.05, 0) is 23.7 Å². The highest BCUT2D eigenvalue weighted by Gasteiger charge is 2.40. The lowest BCUT2D eigenvalue weighted by atomic mass is 9.58. The van der Waals surface area contributed by atoms with Gasteiger partial charge in [0.2, 0.25) is 0 Å². The summed E-state index contributed by atoms with van der Waals surface area (Å²) in [5.74, 6) is 0. The summed E-state index contributed by atoms with van der Waals surface area (Å²) >= 11 is 0. The molecule has 1 unspecified atom stereocenters. The van der Waals surface area contributed by atoms with Crippen LogP contribution in [0.2, 0.25) is 0 Å². The molecule has 1 aliphatic carbocycles. The zero-order valence-corrected chi connectivity index (χ0v) is 8.54. The maximum atomic E-state index is 2.46. The van der Waals surface area contributed by atoms with Crippen molar-refractivity contribution in [2.24, 2.45) is 10.8 Å². The number of rotatable bonds is 1. The van der Waals surface area contributed by atoms with Gasteiger partial charge in [-0.25, -0.2) is 0 Å². The molecule has 66 valence electrons. The minimum atomic E-state index is 0.583. The third-order valence-electron chi connectivity index (χ3n) is 4.19. The van der Waals surface area contributed by atoms with E-state index >= 15 is 0 Å². The quantitative estimate of drug-likeness (QED) is 0.535. The first-order chi connectivity index (χ1) is 5.02. The molecule has 0 saturated heterocycles. The molecule has 0 amide bonds. The molecule has 1 rings (SSSR count). The highest BCUT2D eigenvalue weighted by atomic mass is 14.5. The van der Waals surface area contributed by atoms with Crippen LogP contribution < -0.4 is 0 Å². The fraction of sp³-hybridized carbons (Fsp3) is 1.00. The van der Waals surface area contributed by atoms with Crippen LogP contribution >= 0.6 is 0 Å². The number of hydrogen-bond donors (Lipinski definition) is 0. The second-order valence-corrected chi connectivity index (χ2v) is 5.01. The summed E-state index contributed by atoms with van der Waals surface area (Å²) in [5.41, 5.74) is 1.20. The maximum Gasteiger partial charge on any atom is -0.0277 e. The summed E-state index contributed by atoms with van der Waals surface area (Å²) in [6, 6.07) is 0. The topological polar surface area (TPSA) is 0 Å². The van der Waals surface area contributed by atoms with Crippen LogP contribution in [0.25, 0.3) is 0 Å². The SMILES string of the molecule is CCC1(C)CCCCC1(C)C. The minimum absolute atomic E-state index is 0.583. The maximum absolute atomic E-state index is 2.46. The van der Waals surface area contributed by atoms with Crippen molar-refractivity contribution in [3.63, 3.8) is 0 Å². The Kier molecular flexibility index (Phi) is 2.32. The van der Waals surface area contributed by atoms with E-state index in [0.29, 0.717) is 10.8 Å². The van der Waals surface area contributed by atoms with E-state index in [1.54, 1.807) is 0 Å². The van der Waals surface area contributed by atoms with E-state index in [0.717, 1.165) is 0 Å². The van der Waals surface area contributed by atoms with E-state index in [1.165, 1.54) is 32.1 Å². The Hall–Kier alpha value is 0. The van der Waals surface area contributed by atoms with Crippen molar-refractivity contribution in [2.75, 3.05) is 0 Å². The molecule has 1 saturated carbocycles. The fourth-order valence-electron chi connectivity index (χ4n) is 2.38. The summed E-state index contributed by atoms with van der Waals surface area (Å²) < 4.78 is 0. The lowest BCUT2D eigenvalue weighted by Crippen LogP contribution is -2.37. The molecule has 0 aromatic rings. The Labute approximate surface area is 71.4 Å². The predicted molar refractivity (Wildman–Crippen MR) is 50.6 cm³/mol. The van der Waals surface area contributed by atoms with Crippen molar-refractivity contribution >= 4 is 0 Å². The lowest BCUT2D eigenvalue weighted by molar-refractivity contribution is 0.0296. The average Bonchev–Trinajstić information content (AvgIpc) is 1.95. The second kappa shape index (κ2) is 2.80. The molecule has 0 spiro atoms. The zero-order chi connectivity index (χ0) is 8.54. The van der Waals surface area contributed by atoms with Crippen molar-refractivity contribution in [1.29, 1.82) is 0 Å². The summed E-state index contributed by atoms with van der Waals surface area (Å²) in [6.45, 7) is 9.69. The molecular formula is C11H22. The predicted octanol–water partition coefficient (Wildman–Crippen LogP) is 4.00. The Morgan fingerprint density at radius 1 is 1.00 bits per heavy atom. The van der Waals surface area contributed by atoms with Crippen LogP contribution in [0, 0.1) is 10.8 Å². The molecule has 0 bridgehead atoms. The van der Waals surface area contributed by atoms with Crippen LogP contribution in [0.4, 0.5) is 0 Å². The van der Waals surface area contributed by atoms with Gasteiger partial charge in [-0.3, -0.25) is 0 Å². The largest absolute Gasteiger partial charge is 0.0648 e. The van der Waals surface area contributed by atoms with E-state index in [2.05, 4.69) is 27.7 Å². The van der Waals surface area contributed by atoms with Gasteiger partial charge in [0, 0.05) is 0 Å². The minimum Gasteiger partial charge on any atom is -0.0648 e. The third kappa shape index (κ3) is 1.45. The first-order valence-electron chi connectivity index (χ1n) is 5.02. The van der Waals surface area contributed by atoms with Gasteiger partial charge in [-0.15, -0.1) is 0 Å². The first kappa shape index (κ1) is 9.09. The molecule has 0 nitrogen and oxygen atoms in total. The molecule has 1 atom stereocenters. The average molecular weight is 154 g/mol. The van der Waals surface area contributed by atoms with Gasteiger partial charge in [0.25, 0.3) is 0 Å². The molecule has 0 heterocycles. The Morgan fingerprint density at radius 3 is 1.91 bits per heavy atom. The van der Waals surface area contributed by atoms with E-state index in [9.17, 15) is 0 Å². The lowest BCUT2D eigenvalue weighted by Gasteiger charge is -2.48. The summed E-state index contributed by atoms with van der Waals surface area (Å²) in [5, 5.41) is 0. The third-order valence-corrected chi connectivity index (χ3v) is 4.19. The van der Waals surface area contributed by atoms with Crippen LogP contribution in [-0.2, 0) is 0 Å². The molecule has 11 heavy (non-hydrogen) atoms. The van der Waals surface area contributed by atoms with E-state index in [-0.39, 0.29) is 0 Å². The molecule has 0 N–H and O–H groups in total. The second-order valence-electron chi connectivity index (χ2n) is 5.01. The van der Waals surface area contributed by atoms with Gasteiger partial charge in [-0.1, -0.05) is 47.0 Å². The summed E-state index contributed by atoms with van der Waals surface area (Å²) in [6.07, 6.45) is 7.12. The highest BCUT2D eigenvalue weighted by Crippen LogP contribution is 2.51. The smallest absolute Gasteiger partial charge is 0.0277 e. The van der Waals surface area contributed by atoms with Crippen molar-refractivity contribution in [1.82, 2.24) is 0 Å². The van der Waals surface area contributed by atoms with Crippen molar-refractivity contribution < 1.29 is 0 Å². The van der Waals surface area contributed by atoms with Gasteiger partial charge < -0.3 is 0 Å². The Bertz CT molecular complexity index is 135. The van der Waals surface area contributed by atoms with Crippen LogP contribution in [-0.4, -0.2) is 0 Å². The highest BCUT2D eigenvalue weighted by molar-refractivity contribution is 4.91. The molecule has 0 heteroatoms. The Balaban J connectivity index is 2.74. The normalized spacial score (nSPS) is 37.1. The van der Waals surface area contributed by atoms with Crippen molar-refractivity contribution in [3.05, 3.63) is 0 Å². The van der Waals surface area contributed by atoms with Crippen LogP contribution in [0.3, 0.4) is 0 Å². The number of hydrogen-bond acceptors (Lipinski definition) is 0. The van der Waals surface area contributed by atoms with Crippen LogP contribution in [0.15, 0.2) is 0 Å². The monoisotopic (exact) mass is 154 g/mol. The molecule has 1 fully saturated rings. The molecule has 1 aliphatic rings. The Morgan fingerprint density at radius 2 is 1.55 bits per heavy atom. The van der Waals surface area contributed by atoms with Crippen LogP contribution in [0.1, 0.15) is 59.8 Å². The van der Waals surface area contributed by atoms with Gasteiger partial charge in [0.1, 0.15) is 0 Å². The molecule has 0 aromatic carbocycles. The van der Waals surface area contributed by atoms with Crippen molar-refractivity contribution in [2.45, 2.75) is 59.8 Å². The van der Waals surface area contributed by atoms with Gasteiger partial charge in [-0.2, -0.15) is 0 Å². The zero-order valence-electron chi connectivity index (χ0n) is 8.54. The molecule has 0 aromatic heterocycles. The van der Waals surface area contributed by atoms with Crippen molar-refractivity contribution in [3.8, 4) is 0 Å².